The number of rotatable bonds is 6. The van der Waals surface area contributed by atoms with Crippen molar-refractivity contribution in [3.8, 4) is 5.75 Å². The number of nitrogens with one attached hydrogen (secondary N) is 1. The molecule has 1 aromatic carbocycles. The molecule has 1 aromatic heterocycles. The fourth-order valence-electron chi connectivity index (χ4n) is 1.79. The molecule has 0 aliphatic heterocycles. The summed E-state index contributed by atoms with van der Waals surface area (Å²) in [7, 11) is 0. The van der Waals surface area contributed by atoms with E-state index in [4.69, 9.17) is 4.74 Å². The molecule has 0 aliphatic carbocycles. The van der Waals surface area contributed by atoms with E-state index < -0.39 is 5.82 Å². The highest BCUT2D eigenvalue weighted by Crippen LogP contribution is 2.22. The number of benzene rings is 1. The number of carbonyl (C=O) groups is 1. The van der Waals surface area contributed by atoms with E-state index in [1.165, 1.54) is 12.1 Å². The number of aryl methyl sites for hydroxylation is 2. The number of hydrogen-bond acceptors (Lipinski definition) is 3. The molecule has 0 aliphatic rings. The zero-order valence-electron chi connectivity index (χ0n) is 11.4. The minimum atomic E-state index is -0.516. The molecule has 5 nitrogen and oxygen atoms in total. The van der Waals surface area contributed by atoms with Crippen molar-refractivity contribution in [2.45, 2.75) is 27.0 Å². The maximum Gasteiger partial charge on any atom is 0.211 e. The second-order valence-corrected chi connectivity index (χ2v) is 4.29. The second-order valence-electron chi connectivity index (χ2n) is 4.29. The van der Waals surface area contributed by atoms with Crippen LogP contribution in [0.25, 0.3) is 0 Å². The molecule has 1 amide bonds. The molecule has 0 saturated heterocycles. The summed E-state index contributed by atoms with van der Waals surface area (Å²) >= 11 is 0. The molecule has 20 heavy (non-hydrogen) atoms. The predicted molar refractivity (Wildman–Crippen MR) is 73.1 cm³/mol. The summed E-state index contributed by atoms with van der Waals surface area (Å²) in [6.07, 6.45) is 2.38. The van der Waals surface area contributed by atoms with Crippen molar-refractivity contribution in [1.29, 1.82) is 0 Å². The monoisotopic (exact) mass is 277 g/mol. The molecule has 1 heterocycles. The third-order valence-electron chi connectivity index (χ3n) is 2.91. The molecular formula is C14H16FN3O2. The molecule has 2 rings (SSSR count). The third kappa shape index (κ3) is 3.14. The lowest BCUT2D eigenvalue weighted by Gasteiger charge is -2.07. The van der Waals surface area contributed by atoms with Gasteiger partial charge in [0.2, 0.25) is 6.41 Å². The van der Waals surface area contributed by atoms with Crippen LogP contribution in [0.2, 0.25) is 0 Å². The minimum absolute atomic E-state index is 0.144. The predicted octanol–water partition coefficient (Wildman–Crippen LogP) is 2.50. The number of halogens is 1. The van der Waals surface area contributed by atoms with Crippen LogP contribution in [-0.2, 0) is 17.9 Å². The van der Waals surface area contributed by atoms with Crippen molar-refractivity contribution in [1.82, 2.24) is 9.78 Å². The highest BCUT2D eigenvalue weighted by molar-refractivity contribution is 5.71. The molecule has 0 saturated carbocycles. The number of amides is 1. The van der Waals surface area contributed by atoms with Gasteiger partial charge in [-0.3, -0.25) is 9.48 Å². The first-order chi connectivity index (χ1) is 9.63. The molecule has 6 heteroatoms. The van der Waals surface area contributed by atoms with Crippen LogP contribution >= 0.6 is 0 Å². The van der Waals surface area contributed by atoms with Crippen LogP contribution in [0, 0.1) is 12.7 Å². The summed E-state index contributed by atoms with van der Waals surface area (Å²) < 4.78 is 21.0. The Kier molecular flexibility index (Phi) is 4.34. The van der Waals surface area contributed by atoms with Gasteiger partial charge >= 0.3 is 0 Å². The van der Waals surface area contributed by atoms with E-state index in [2.05, 4.69) is 10.4 Å². The number of ether oxygens (including phenoxy) is 1. The quantitative estimate of drug-likeness (QED) is 0.825. The Labute approximate surface area is 116 Å². The van der Waals surface area contributed by atoms with E-state index >= 15 is 0 Å². The Hall–Kier alpha value is -2.37. The molecule has 2 aromatic rings. The second kappa shape index (κ2) is 6.18. The van der Waals surface area contributed by atoms with Gasteiger partial charge in [0.25, 0.3) is 0 Å². The van der Waals surface area contributed by atoms with E-state index in [9.17, 15) is 9.18 Å². The Morgan fingerprint density at radius 3 is 2.90 bits per heavy atom. The molecule has 0 bridgehead atoms. The average molecular weight is 277 g/mol. The van der Waals surface area contributed by atoms with Gasteiger partial charge in [0, 0.05) is 30.1 Å². The first-order valence-corrected chi connectivity index (χ1v) is 6.29. The SMILES string of the molecule is CCn1cc(COc2ccc(NC=O)cc2F)c(C)n1. The van der Waals surface area contributed by atoms with Crippen LogP contribution in [0.4, 0.5) is 10.1 Å². The summed E-state index contributed by atoms with van der Waals surface area (Å²) in [5.41, 5.74) is 2.17. The Morgan fingerprint density at radius 2 is 2.30 bits per heavy atom. The maximum absolute atomic E-state index is 13.7. The number of aromatic nitrogens is 2. The molecule has 0 atom stereocenters. The molecule has 1 N–H and O–H groups in total. The third-order valence-corrected chi connectivity index (χ3v) is 2.91. The van der Waals surface area contributed by atoms with Crippen LogP contribution in [0.3, 0.4) is 0 Å². The smallest absolute Gasteiger partial charge is 0.211 e. The van der Waals surface area contributed by atoms with Gasteiger partial charge in [-0.05, 0) is 26.0 Å². The van der Waals surface area contributed by atoms with Crippen molar-refractivity contribution in [3.05, 3.63) is 41.5 Å². The standard InChI is InChI=1S/C14H16FN3O2/c1-3-18-7-11(10(2)17-18)8-20-14-5-4-12(16-9-19)6-13(14)15/h4-7,9H,3,8H2,1-2H3,(H,16,19). The lowest BCUT2D eigenvalue weighted by molar-refractivity contribution is -0.105. The average Bonchev–Trinajstić information content (AvgIpc) is 2.79. The summed E-state index contributed by atoms with van der Waals surface area (Å²) in [6.45, 7) is 4.91. The Bertz CT molecular complexity index is 610. The fraction of sp³-hybridized carbons (Fsp3) is 0.286. The molecular weight excluding hydrogens is 261 g/mol. The van der Waals surface area contributed by atoms with Gasteiger partial charge in [0.15, 0.2) is 11.6 Å². The van der Waals surface area contributed by atoms with E-state index in [-0.39, 0.29) is 12.4 Å². The summed E-state index contributed by atoms with van der Waals surface area (Å²) in [6, 6.07) is 4.28. The van der Waals surface area contributed by atoms with Crippen molar-refractivity contribution in [3.63, 3.8) is 0 Å². The van der Waals surface area contributed by atoms with Crippen molar-refractivity contribution in [2.75, 3.05) is 5.32 Å². The Morgan fingerprint density at radius 1 is 1.50 bits per heavy atom. The van der Waals surface area contributed by atoms with Crippen molar-refractivity contribution < 1.29 is 13.9 Å². The Balaban J connectivity index is 2.06. The highest BCUT2D eigenvalue weighted by atomic mass is 19.1. The van der Waals surface area contributed by atoms with E-state index in [1.54, 1.807) is 6.07 Å². The van der Waals surface area contributed by atoms with Gasteiger partial charge in [-0.25, -0.2) is 4.39 Å². The molecule has 0 fully saturated rings. The van der Waals surface area contributed by atoms with Gasteiger partial charge in [0.05, 0.1) is 5.69 Å². The summed E-state index contributed by atoms with van der Waals surface area (Å²) in [4.78, 5) is 10.3. The minimum Gasteiger partial charge on any atom is -0.486 e. The lowest BCUT2D eigenvalue weighted by atomic mass is 10.2. The lowest BCUT2D eigenvalue weighted by Crippen LogP contribution is -2.00. The maximum atomic E-state index is 13.7. The van der Waals surface area contributed by atoms with Crippen LogP contribution in [0.5, 0.6) is 5.75 Å². The van der Waals surface area contributed by atoms with Crippen LogP contribution in [0.1, 0.15) is 18.2 Å². The van der Waals surface area contributed by atoms with Crippen LogP contribution in [0.15, 0.2) is 24.4 Å². The zero-order valence-corrected chi connectivity index (χ0v) is 11.4. The van der Waals surface area contributed by atoms with E-state index in [0.717, 1.165) is 17.8 Å². The van der Waals surface area contributed by atoms with Gasteiger partial charge in [-0.1, -0.05) is 0 Å². The van der Waals surface area contributed by atoms with Crippen molar-refractivity contribution in [2.24, 2.45) is 0 Å². The topological polar surface area (TPSA) is 56.1 Å². The number of anilines is 1. The molecule has 0 spiro atoms. The molecule has 0 radical (unpaired) electrons. The molecule has 0 unspecified atom stereocenters. The normalized spacial score (nSPS) is 10.3. The summed E-state index contributed by atoms with van der Waals surface area (Å²) in [5, 5.41) is 6.68. The van der Waals surface area contributed by atoms with Crippen LogP contribution in [-0.4, -0.2) is 16.2 Å². The number of hydrogen-bond donors (Lipinski definition) is 1. The molecule has 106 valence electrons. The van der Waals surface area contributed by atoms with Gasteiger partial charge in [0.1, 0.15) is 6.61 Å². The van der Waals surface area contributed by atoms with Crippen LogP contribution < -0.4 is 10.1 Å². The number of carbonyl (C=O) groups excluding carboxylic acids is 1. The highest BCUT2D eigenvalue weighted by Gasteiger charge is 2.08. The van der Waals surface area contributed by atoms with Gasteiger partial charge in [-0.15, -0.1) is 0 Å². The van der Waals surface area contributed by atoms with Gasteiger partial charge in [-0.2, -0.15) is 5.10 Å². The summed E-state index contributed by atoms with van der Waals surface area (Å²) in [5.74, 6) is -0.373. The zero-order chi connectivity index (χ0) is 14.5. The largest absolute Gasteiger partial charge is 0.486 e. The van der Waals surface area contributed by atoms with E-state index in [0.29, 0.717) is 12.1 Å². The fourth-order valence-corrected chi connectivity index (χ4v) is 1.79. The number of nitrogens with zero attached hydrogens (tertiary/aromatic N) is 2. The van der Waals surface area contributed by atoms with Crippen molar-refractivity contribution >= 4 is 12.1 Å². The van der Waals surface area contributed by atoms with E-state index in [1.807, 2.05) is 24.7 Å². The first kappa shape index (κ1) is 14.0. The first-order valence-electron chi connectivity index (χ1n) is 6.29. The van der Waals surface area contributed by atoms with Gasteiger partial charge < -0.3 is 10.1 Å².